The largest absolute Gasteiger partial charge is 0.457 e. The summed E-state index contributed by atoms with van der Waals surface area (Å²) in [6.45, 7) is 34.8. The number of hydrogen-bond donors (Lipinski definition) is 0. The quantitative estimate of drug-likeness (QED) is 0.164. The van der Waals surface area contributed by atoms with Crippen molar-refractivity contribution in [3.05, 3.63) is 172 Å². The highest BCUT2D eigenvalue weighted by molar-refractivity contribution is 7.33. The first-order chi connectivity index (χ1) is 32.4. The number of ether oxygens (including phenoxy) is 1. The molecule has 0 saturated carbocycles. The van der Waals surface area contributed by atoms with Crippen LogP contribution in [0.2, 0.25) is 0 Å². The maximum absolute atomic E-state index is 7.29. The van der Waals surface area contributed by atoms with Gasteiger partial charge in [-0.3, -0.25) is 0 Å². The second kappa shape index (κ2) is 15.2. The highest BCUT2D eigenvalue weighted by Crippen LogP contribution is 2.59. The number of aryl methyl sites for hydroxylation is 1. The Labute approximate surface area is 416 Å². The Morgan fingerprint density at radius 3 is 1.72 bits per heavy atom. The standard InChI is InChI=1S/C64H67BN2OS/c1-38-34-52-57-53(35-38)68-58-46-36-41(62(8,9)10)25-33-54(46)69-59(58)65(57)48-37-42(63(11,12)13)24-30-49(48)67(52)51-32-31-50(55-45-18-16-17-19-47(45)64(14,15)56(51)55)66(43-26-20-39(21-27-43)60(2,3)4)44-28-22-40(23-29-44)61(5,6)7/h16-37H,1-15H3. The molecule has 0 saturated heterocycles. The summed E-state index contributed by atoms with van der Waals surface area (Å²) in [4.78, 5) is 5.12. The van der Waals surface area contributed by atoms with Gasteiger partial charge < -0.3 is 14.5 Å². The molecule has 0 radical (unpaired) electrons. The second-order valence-electron chi connectivity index (χ2n) is 24.8. The number of rotatable bonds is 4. The molecule has 0 bridgehead atoms. The monoisotopic (exact) mass is 923 g/mol. The van der Waals surface area contributed by atoms with Crippen molar-refractivity contribution in [2.24, 2.45) is 0 Å². The summed E-state index contributed by atoms with van der Waals surface area (Å²) in [5.41, 5.74) is 21.1. The molecule has 11 rings (SSSR count). The lowest BCUT2D eigenvalue weighted by Crippen LogP contribution is -2.59. The number of hydrogen-bond acceptors (Lipinski definition) is 4. The summed E-state index contributed by atoms with van der Waals surface area (Å²) in [6.07, 6.45) is 0. The van der Waals surface area contributed by atoms with Crippen LogP contribution in [-0.2, 0) is 27.1 Å². The van der Waals surface area contributed by atoms with Crippen molar-refractivity contribution in [1.82, 2.24) is 0 Å². The van der Waals surface area contributed by atoms with Crippen molar-refractivity contribution in [1.29, 1.82) is 0 Å². The SMILES string of the molecule is Cc1cc2c3c(c1)N(c1ccc(N(c4ccc(C(C)(C)C)cc4)c4ccc(C(C)(C)C)cc4)c4c1C(C)(C)c1ccccc1-4)c1ccc(C(C)(C)C)cc1B3c1sc3ccc(C(C)(C)C)cc3c1O2. The lowest BCUT2D eigenvalue weighted by atomic mass is 9.36. The number of benzene rings is 7. The fourth-order valence-electron chi connectivity index (χ4n) is 11.4. The minimum absolute atomic E-state index is 0.0172. The fraction of sp³-hybridized carbons (Fsp3) is 0.312. The molecule has 2 aliphatic heterocycles. The highest BCUT2D eigenvalue weighted by atomic mass is 32.1. The molecule has 0 spiro atoms. The van der Waals surface area contributed by atoms with E-state index in [9.17, 15) is 0 Å². The normalized spacial score (nSPS) is 14.8. The molecule has 0 amide bonds. The van der Waals surface area contributed by atoms with Gasteiger partial charge in [-0.15, -0.1) is 11.3 Å². The zero-order valence-electron chi connectivity index (χ0n) is 43.5. The van der Waals surface area contributed by atoms with Gasteiger partial charge in [0.1, 0.15) is 11.5 Å². The number of fused-ring (bicyclic) bond motifs is 9. The second-order valence-corrected chi connectivity index (χ2v) is 25.9. The van der Waals surface area contributed by atoms with E-state index in [0.717, 1.165) is 22.9 Å². The van der Waals surface area contributed by atoms with E-state index in [2.05, 4.69) is 247 Å². The van der Waals surface area contributed by atoms with E-state index in [1.807, 2.05) is 11.3 Å². The minimum Gasteiger partial charge on any atom is -0.457 e. The zero-order chi connectivity index (χ0) is 48.9. The van der Waals surface area contributed by atoms with Crippen LogP contribution in [0, 0.1) is 6.92 Å². The maximum Gasteiger partial charge on any atom is 0.268 e. The molecule has 3 aliphatic rings. The molecule has 8 aromatic rings. The van der Waals surface area contributed by atoms with Gasteiger partial charge in [0.05, 0.1) is 11.4 Å². The predicted molar refractivity (Wildman–Crippen MR) is 299 cm³/mol. The van der Waals surface area contributed by atoms with E-state index in [0.29, 0.717) is 0 Å². The highest BCUT2D eigenvalue weighted by Gasteiger charge is 2.47. The summed E-state index contributed by atoms with van der Waals surface area (Å²) < 4.78 is 9.85. The third-order valence-electron chi connectivity index (χ3n) is 15.4. The lowest BCUT2D eigenvalue weighted by Gasteiger charge is -2.42. The van der Waals surface area contributed by atoms with Gasteiger partial charge in [0, 0.05) is 48.6 Å². The smallest absolute Gasteiger partial charge is 0.268 e. The van der Waals surface area contributed by atoms with E-state index >= 15 is 0 Å². The van der Waals surface area contributed by atoms with Crippen molar-refractivity contribution >= 4 is 78.0 Å². The molecule has 1 aromatic heterocycles. The Hall–Kier alpha value is -6.04. The van der Waals surface area contributed by atoms with Gasteiger partial charge in [0.15, 0.2) is 0 Å². The van der Waals surface area contributed by atoms with Crippen LogP contribution < -0.4 is 30.2 Å². The number of thiophene rings is 1. The third kappa shape index (κ3) is 7.20. The first-order valence-electron chi connectivity index (χ1n) is 25.0. The first-order valence-corrected chi connectivity index (χ1v) is 25.9. The molecule has 5 heteroatoms. The third-order valence-corrected chi connectivity index (χ3v) is 16.6. The molecule has 3 nitrogen and oxygen atoms in total. The first kappa shape index (κ1) is 45.4. The lowest BCUT2D eigenvalue weighted by molar-refractivity contribution is 0.494. The summed E-state index contributed by atoms with van der Waals surface area (Å²) in [5, 5.41) is 1.21. The Bertz CT molecular complexity index is 3320. The molecular formula is C64H67BN2OS. The van der Waals surface area contributed by atoms with Crippen molar-refractivity contribution in [2.45, 2.75) is 131 Å². The van der Waals surface area contributed by atoms with Crippen LogP contribution in [-0.4, -0.2) is 6.71 Å². The molecular weight excluding hydrogens is 856 g/mol. The summed E-state index contributed by atoms with van der Waals surface area (Å²) in [5.74, 6) is 1.98. The van der Waals surface area contributed by atoms with Gasteiger partial charge in [0.25, 0.3) is 6.71 Å². The summed E-state index contributed by atoms with van der Waals surface area (Å²) in [7, 11) is 0. The van der Waals surface area contributed by atoms with Crippen LogP contribution in [0.15, 0.2) is 133 Å². The molecule has 3 heterocycles. The molecule has 1 aliphatic carbocycles. The van der Waals surface area contributed by atoms with Crippen LogP contribution >= 0.6 is 11.3 Å². The molecule has 0 unspecified atom stereocenters. The van der Waals surface area contributed by atoms with E-state index in [-0.39, 0.29) is 33.8 Å². The van der Waals surface area contributed by atoms with Gasteiger partial charge >= 0.3 is 0 Å². The Balaban J connectivity index is 1.19. The molecule has 0 fully saturated rings. The van der Waals surface area contributed by atoms with Gasteiger partial charge in [-0.25, -0.2) is 0 Å². The van der Waals surface area contributed by atoms with E-state index in [1.54, 1.807) is 0 Å². The van der Waals surface area contributed by atoms with Crippen LogP contribution in [0.3, 0.4) is 0 Å². The topological polar surface area (TPSA) is 15.7 Å². The summed E-state index contributed by atoms with van der Waals surface area (Å²) >= 11 is 1.90. The molecule has 0 atom stereocenters. The van der Waals surface area contributed by atoms with Crippen LogP contribution in [0.5, 0.6) is 11.5 Å². The summed E-state index contributed by atoms with van der Waals surface area (Å²) in [6, 6.07) is 51.6. The van der Waals surface area contributed by atoms with Crippen LogP contribution in [0.25, 0.3) is 21.2 Å². The van der Waals surface area contributed by atoms with Crippen molar-refractivity contribution in [3.63, 3.8) is 0 Å². The number of anilines is 6. The van der Waals surface area contributed by atoms with Crippen LogP contribution in [0.1, 0.15) is 136 Å². The van der Waals surface area contributed by atoms with Gasteiger partial charge in [-0.05, 0) is 151 Å². The van der Waals surface area contributed by atoms with Crippen molar-refractivity contribution in [3.8, 4) is 22.6 Å². The fourth-order valence-corrected chi connectivity index (χ4v) is 12.7. The average molecular weight is 923 g/mol. The zero-order valence-corrected chi connectivity index (χ0v) is 44.3. The molecule has 348 valence electrons. The number of nitrogens with zero attached hydrogens (tertiary/aromatic N) is 2. The van der Waals surface area contributed by atoms with E-state index < -0.39 is 0 Å². The molecule has 7 aromatic carbocycles. The maximum atomic E-state index is 7.29. The predicted octanol–water partition coefficient (Wildman–Crippen LogP) is 16.6. The van der Waals surface area contributed by atoms with Crippen LogP contribution in [0.4, 0.5) is 34.1 Å². The Morgan fingerprint density at radius 1 is 0.565 bits per heavy atom. The van der Waals surface area contributed by atoms with Gasteiger partial charge in [0.2, 0.25) is 0 Å². The van der Waals surface area contributed by atoms with Crippen molar-refractivity contribution < 1.29 is 4.74 Å². The average Bonchev–Trinajstić information content (AvgIpc) is 3.77. The van der Waals surface area contributed by atoms with Gasteiger partial charge in [-0.1, -0.05) is 164 Å². The van der Waals surface area contributed by atoms with Crippen molar-refractivity contribution in [2.75, 3.05) is 9.80 Å². The van der Waals surface area contributed by atoms with E-state index in [4.69, 9.17) is 4.74 Å². The Kier molecular flexibility index (Phi) is 10.0. The molecule has 69 heavy (non-hydrogen) atoms. The van der Waals surface area contributed by atoms with E-state index in [1.165, 1.54) is 98.6 Å². The minimum atomic E-state index is -0.332. The van der Waals surface area contributed by atoms with Gasteiger partial charge in [-0.2, -0.15) is 0 Å². The Morgan fingerprint density at radius 2 is 1.12 bits per heavy atom. The molecule has 0 N–H and O–H groups in total.